The summed E-state index contributed by atoms with van der Waals surface area (Å²) in [6.07, 6.45) is 1.60. The van der Waals surface area contributed by atoms with Gasteiger partial charge < -0.3 is 10.1 Å². The van der Waals surface area contributed by atoms with Crippen molar-refractivity contribution in [2.75, 3.05) is 11.9 Å². The summed E-state index contributed by atoms with van der Waals surface area (Å²) in [5.41, 5.74) is 2.48. The number of rotatable bonds is 6. The lowest BCUT2D eigenvalue weighted by Gasteiger charge is -2.13. The van der Waals surface area contributed by atoms with Crippen LogP contribution in [-0.4, -0.2) is 18.8 Å². The van der Waals surface area contributed by atoms with Crippen LogP contribution in [0.4, 0.5) is 5.69 Å². The van der Waals surface area contributed by atoms with Crippen LogP contribution in [0.3, 0.4) is 0 Å². The highest BCUT2D eigenvalue weighted by Gasteiger charge is 2.12. The van der Waals surface area contributed by atoms with Crippen LogP contribution < -0.4 is 10.1 Å². The van der Waals surface area contributed by atoms with Crippen molar-refractivity contribution in [1.82, 2.24) is 0 Å². The maximum absolute atomic E-state index is 12.4. The zero-order chi connectivity index (χ0) is 15.9. The number of hydrogen-bond donors (Lipinski definition) is 1. The molecule has 2 aromatic carbocycles. The molecule has 0 saturated heterocycles. The number of benzene rings is 2. The molecular formula is C18H19NO3. The molecule has 0 bridgehead atoms. The number of aldehydes is 1. The molecule has 4 heteroatoms. The van der Waals surface area contributed by atoms with Crippen LogP contribution in [0, 0.1) is 6.92 Å². The minimum atomic E-state index is -0.220. The normalized spacial score (nSPS) is 10.1. The summed E-state index contributed by atoms with van der Waals surface area (Å²) in [6, 6.07) is 12.3. The van der Waals surface area contributed by atoms with E-state index >= 15 is 0 Å². The molecule has 0 radical (unpaired) electrons. The summed E-state index contributed by atoms with van der Waals surface area (Å²) in [7, 11) is 0. The third-order valence-electron chi connectivity index (χ3n) is 3.24. The monoisotopic (exact) mass is 297 g/mol. The Labute approximate surface area is 130 Å². The molecule has 0 unspecified atom stereocenters. The minimum absolute atomic E-state index is 0.220. The summed E-state index contributed by atoms with van der Waals surface area (Å²) in [4.78, 5) is 23.3. The van der Waals surface area contributed by atoms with E-state index in [9.17, 15) is 9.59 Å². The second-order valence-electron chi connectivity index (χ2n) is 4.99. The Hall–Kier alpha value is -2.62. The van der Waals surface area contributed by atoms with Gasteiger partial charge in [0.1, 0.15) is 12.0 Å². The van der Waals surface area contributed by atoms with Crippen molar-refractivity contribution in [2.24, 2.45) is 0 Å². The fourth-order valence-corrected chi connectivity index (χ4v) is 2.07. The first-order valence-corrected chi connectivity index (χ1v) is 7.24. The molecule has 4 nitrogen and oxygen atoms in total. The van der Waals surface area contributed by atoms with E-state index in [1.807, 2.05) is 32.0 Å². The zero-order valence-electron chi connectivity index (χ0n) is 12.8. The van der Waals surface area contributed by atoms with E-state index < -0.39 is 0 Å². The third kappa shape index (κ3) is 3.73. The Kier molecular flexibility index (Phi) is 5.31. The van der Waals surface area contributed by atoms with Crippen molar-refractivity contribution in [3.05, 3.63) is 59.2 Å². The van der Waals surface area contributed by atoms with Gasteiger partial charge in [0.15, 0.2) is 0 Å². The SMILES string of the molecule is CCCOc1ccc(C=O)cc1NC(=O)c1ccccc1C. The molecule has 0 aliphatic carbocycles. The van der Waals surface area contributed by atoms with Gasteiger partial charge in [-0.05, 0) is 43.2 Å². The lowest BCUT2D eigenvalue weighted by atomic mass is 10.1. The molecule has 0 saturated carbocycles. The highest BCUT2D eigenvalue weighted by Crippen LogP contribution is 2.26. The molecule has 0 aliphatic heterocycles. The summed E-state index contributed by atoms with van der Waals surface area (Å²) >= 11 is 0. The van der Waals surface area contributed by atoms with Gasteiger partial charge in [0.25, 0.3) is 5.91 Å². The fourth-order valence-electron chi connectivity index (χ4n) is 2.07. The van der Waals surface area contributed by atoms with E-state index in [1.165, 1.54) is 0 Å². The highest BCUT2D eigenvalue weighted by molar-refractivity contribution is 6.06. The van der Waals surface area contributed by atoms with E-state index in [-0.39, 0.29) is 5.91 Å². The molecule has 1 amide bonds. The molecule has 0 atom stereocenters. The van der Waals surface area contributed by atoms with Crippen LogP contribution in [0.1, 0.15) is 39.6 Å². The third-order valence-corrected chi connectivity index (χ3v) is 3.24. The molecule has 114 valence electrons. The van der Waals surface area contributed by atoms with Crippen LogP contribution in [0.15, 0.2) is 42.5 Å². The lowest BCUT2D eigenvalue weighted by molar-refractivity contribution is 0.102. The van der Waals surface area contributed by atoms with Gasteiger partial charge in [-0.15, -0.1) is 0 Å². The number of nitrogens with one attached hydrogen (secondary N) is 1. The molecule has 1 N–H and O–H groups in total. The van der Waals surface area contributed by atoms with Gasteiger partial charge in [-0.1, -0.05) is 25.1 Å². The van der Waals surface area contributed by atoms with Crippen molar-refractivity contribution in [3.8, 4) is 5.75 Å². The van der Waals surface area contributed by atoms with Gasteiger partial charge >= 0.3 is 0 Å². The van der Waals surface area contributed by atoms with Gasteiger partial charge in [0.05, 0.1) is 12.3 Å². The smallest absolute Gasteiger partial charge is 0.256 e. The largest absolute Gasteiger partial charge is 0.491 e. The molecule has 2 aromatic rings. The van der Waals surface area contributed by atoms with Crippen LogP contribution in [0.2, 0.25) is 0 Å². The number of carbonyl (C=O) groups excluding carboxylic acids is 2. The van der Waals surface area contributed by atoms with Crippen molar-refractivity contribution in [1.29, 1.82) is 0 Å². The zero-order valence-corrected chi connectivity index (χ0v) is 12.8. The Morgan fingerprint density at radius 1 is 1.23 bits per heavy atom. The van der Waals surface area contributed by atoms with Crippen LogP contribution in [0.5, 0.6) is 5.75 Å². The summed E-state index contributed by atoms with van der Waals surface area (Å²) < 4.78 is 5.62. The fraction of sp³-hybridized carbons (Fsp3) is 0.222. The Morgan fingerprint density at radius 2 is 2.00 bits per heavy atom. The van der Waals surface area contributed by atoms with Crippen molar-refractivity contribution < 1.29 is 14.3 Å². The predicted octanol–water partition coefficient (Wildman–Crippen LogP) is 3.85. The summed E-state index contributed by atoms with van der Waals surface area (Å²) in [6.45, 7) is 4.43. The minimum Gasteiger partial charge on any atom is -0.491 e. The average molecular weight is 297 g/mol. The van der Waals surface area contributed by atoms with Gasteiger partial charge in [-0.3, -0.25) is 9.59 Å². The number of carbonyl (C=O) groups is 2. The highest BCUT2D eigenvalue weighted by atomic mass is 16.5. The van der Waals surface area contributed by atoms with E-state index in [4.69, 9.17) is 4.74 Å². The molecule has 0 fully saturated rings. The standard InChI is InChI=1S/C18H19NO3/c1-3-10-22-17-9-8-14(12-20)11-16(17)19-18(21)15-7-5-4-6-13(15)2/h4-9,11-12H,3,10H2,1-2H3,(H,19,21). The molecule has 0 aliphatic rings. The maximum atomic E-state index is 12.4. The topological polar surface area (TPSA) is 55.4 Å². The van der Waals surface area contributed by atoms with Crippen molar-refractivity contribution in [2.45, 2.75) is 20.3 Å². The second kappa shape index (κ2) is 7.41. The van der Waals surface area contributed by atoms with E-state index in [1.54, 1.807) is 24.3 Å². The van der Waals surface area contributed by atoms with Crippen molar-refractivity contribution in [3.63, 3.8) is 0 Å². The lowest BCUT2D eigenvalue weighted by Crippen LogP contribution is -2.14. The first-order valence-electron chi connectivity index (χ1n) is 7.24. The molecule has 0 spiro atoms. The van der Waals surface area contributed by atoms with Crippen LogP contribution in [-0.2, 0) is 0 Å². The van der Waals surface area contributed by atoms with Crippen molar-refractivity contribution >= 4 is 17.9 Å². The Morgan fingerprint density at radius 3 is 2.68 bits per heavy atom. The summed E-state index contributed by atoms with van der Waals surface area (Å²) in [5.74, 6) is 0.344. The molecule has 0 aromatic heterocycles. The van der Waals surface area contributed by atoms with E-state index in [0.29, 0.717) is 29.2 Å². The number of amides is 1. The average Bonchev–Trinajstić information content (AvgIpc) is 2.53. The second-order valence-corrected chi connectivity index (χ2v) is 4.99. The Bertz CT molecular complexity index is 680. The first-order chi connectivity index (χ1) is 10.7. The van der Waals surface area contributed by atoms with E-state index in [2.05, 4.69) is 5.32 Å². The number of aryl methyl sites for hydroxylation is 1. The summed E-state index contributed by atoms with van der Waals surface area (Å²) in [5, 5.41) is 2.83. The van der Waals surface area contributed by atoms with Gasteiger partial charge in [-0.25, -0.2) is 0 Å². The number of anilines is 1. The quantitative estimate of drug-likeness (QED) is 0.824. The predicted molar refractivity (Wildman–Crippen MR) is 86.7 cm³/mol. The van der Waals surface area contributed by atoms with Gasteiger partial charge in [0.2, 0.25) is 0 Å². The van der Waals surface area contributed by atoms with Crippen LogP contribution >= 0.6 is 0 Å². The van der Waals surface area contributed by atoms with E-state index in [0.717, 1.165) is 18.3 Å². The molecule has 0 heterocycles. The number of ether oxygens (including phenoxy) is 1. The first kappa shape index (κ1) is 15.8. The Balaban J connectivity index is 2.28. The van der Waals surface area contributed by atoms with Gasteiger partial charge in [0, 0.05) is 11.1 Å². The van der Waals surface area contributed by atoms with Crippen LogP contribution in [0.25, 0.3) is 0 Å². The maximum Gasteiger partial charge on any atom is 0.256 e. The molecular weight excluding hydrogens is 278 g/mol. The molecule has 2 rings (SSSR count). The van der Waals surface area contributed by atoms with Gasteiger partial charge in [-0.2, -0.15) is 0 Å². The molecule has 22 heavy (non-hydrogen) atoms. The number of hydrogen-bond acceptors (Lipinski definition) is 3.